The molecule has 0 atom stereocenters. The van der Waals surface area contributed by atoms with Crippen LogP contribution in [0, 0.1) is 0 Å². The summed E-state index contributed by atoms with van der Waals surface area (Å²) in [6, 6.07) is 0.214. The van der Waals surface area contributed by atoms with Crippen molar-refractivity contribution in [2.45, 2.75) is 51.9 Å². The highest BCUT2D eigenvalue weighted by atomic mass is 16.5. The number of nitrogens with zero attached hydrogens (tertiary/aromatic N) is 3. The summed E-state index contributed by atoms with van der Waals surface area (Å²) in [5, 5.41) is 0. The Bertz CT molecular complexity index is 325. The van der Waals surface area contributed by atoms with Gasteiger partial charge in [0.15, 0.2) is 0 Å². The minimum Gasteiger partial charge on any atom is -0.463 e. The number of hydrogen-bond donors (Lipinski definition) is 2. The first-order valence-corrected chi connectivity index (χ1v) is 6.62. The van der Waals surface area contributed by atoms with Gasteiger partial charge in [0.05, 0.1) is 6.61 Å². The zero-order chi connectivity index (χ0) is 13.2. The summed E-state index contributed by atoms with van der Waals surface area (Å²) in [5.41, 5.74) is 10.9. The first-order valence-electron chi connectivity index (χ1n) is 6.62. The van der Waals surface area contributed by atoms with Crippen LogP contribution in [-0.4, -0.2) is 21.6 Å². The van der Waals surface area contributed by atoms with E-state index >= 15 is 0 Å². The van der Waals surface area contributed by atoms with Crippen LogP contribution in [-0.2, 0) is 0 Å². The fourth-order valence-electron chi connectivity index (χ4n) is 1.68. The second kappa shape index (κ2) is 8.49. The summed E-state index contributed by atoms with van der Waals surface area (Å²) in [7, 11) is 0. The van der Waals surface area contributed by atoms with Gasteiger partial charge in [0.2, 0.25) is 11.9 Å². The number of rotatable bonds is 9. The lowest BCUT2D eigenvalue weighted by atomic mass is 10.1. The fourth-order valence-corrected chi connectivity index (χ4v) is 1.68. The Morgan fingerprint density at radius 2 is 1.39 bits per heavy atom. The zero-order valence-electron chi connectivity index (χ0n) is 11.1. The Morgan fingerprint density at radius 1 is 0.833 bits per heavy atom. The molecule has 1 aromatic rings. The van der Waals surface area contributed by atoms with Crippen LogP contribution in [0.3, 0.4) is 0 Å². The number of anilines is 2. The third kappa shape index (κ3) is 6.22. The number of nitrogens with two attached hydrogens (primary N) is 2. The monoisotopic (exact) mass is 253 g/mol. The number of unbranched alkanes of at least 4 members (excludes halogenated alkanes) is 6. The van der Waals surface area contributed by atoms with Crippen molar-refractivity contribution in [1.82, 2.24) is 15.0 Å². The van der Waals surface area contributed by atoms with E-state index in [9.17, 15) is 0 Å². The molecule has 102 valence electrons. The first-order chi connectivity index (χ1) is 8.72. The van der Waals surface area contributed by atoms with E-state index in [4.69, 9.17) is 16.2 Å². The molecular weight excluding hydrogens is 230 g/mol. The average Bonchev–Trinajstić information content (AvgIpc) is 2.31. The summed E-state index contributed by atoms with van der Waals surface area (Å²) >= 11 is 0. The summed E-state index contributed by atoms with van der Waals surface area (Å²) in [6.45, 7) is 2.82. The Balaban J connectivity index is 2.07. The number of ether oxygens (including phenoxy) is 1. The van der Waals surface area contributed by atoms with E-state index in [-0.39, 0.29) is 17.9 Å². The molecule has 0 fully saturated rings. The van der Waals surface area contributed by atoms with E-state index in [1.165, 1.54) is 38.5 Å². The molecule has 4 N–H and O–H groups in total. The Morgan fingerprint density at radius 3 is 2.00 bits per heavy atom. The number of nitrogen functional groups attached to an aromatic ring is 2. The molecule has 6 nitrogen and oxygen atoms in total. The predicted octanol–water partition coefficient (Wildman–Crippen LogP) is 2.17. The fraction of sp³-hybridized carbons (Fsp3) is 0.750. The summed E-state index contributed by atoms with van der Waals surface area (Å²) in [5.74, 6) is 0.189. The van der Waals surface area contributed by atoms with Gasteiger partial charge in [0.25, 0.3) is 0 Å². The molecule has 0 aliphatic carbocycles. The molecule has 0 bridgehead atoms. The van der Waals surface area contributed by atoms with Crippen LogP contribution in [0.15, 0.2) is 0 Å². The van der Waals surface area contributed by atoms with Gasteiger partial charge in [-0.2, -0.15) is 15.0 Å². The van der Waals surface area contributed by atoms with Crippen molar-refractivity contribution in [2.75, 3.05) is 18.1 Å². The van der Waals surface area contributed by atoms with Crippen LogP contribution >= 0.6 is 0 Å². The van der Waals surface area contributed by atoms with Gasteiger partial charge in [-0.25, -0.2) is 0 Å². The maximum Gasteiger partial charge on any atom is 0.323 e. The third-order valence-corrected chi connectivity index (χ3v) is 2.63. The summed E-state index contributed by atoms with van der Waals surface area (Å²) < 4.78 is 5.37. The molecule has 0 aliphatic heterocycles. The highest BCUT2D eigenvalue weighted by Crippen LogP contribution is 2.09. The largest absolute Gasteiger partial charge is 0.463 e. The zero-order valence-corrected chi connectivity index (χ0v) is 11.1. The second-order valence-corrected chi connectivity index (χ2v) is 4.30. The molecule has 0 saturated heterocycles. The molecule has 6 heteroatoms. The van der Waals surface area contributed by atoms with Gasteiger partial charge in [-0.3, -0.25) is 0 Å². The summed E-state index contributed by atoms with van der Waals surface area (Å²) in [6.07, 6.45) is 8.67. The van der Waals surface area contributed by atoms with E-state index < -0.39 is 0 Å². The van der Waals surface area contributed by atoms with E-state index in [1.807, 2.05) is 0 Å². The van der Waals surface area contributed by atoms with E-state index in [2.05, 4.69) is 21.9 Å². The highest BCUT2D eigenvalue weighted by Gasteiger charge is 2.02. The van der Waals surface area contributed by atoms with Crippen molar-refractivity contribution in [1.29, 1.82) is 0 Å². The van der Waals surface area contributed by atoms with Gasteiger partial charge in [-0.1, -0.05) is 45.4 Å². The van der Waals surface area contributed by atoms with Crippen LogP contribution < -0.4 is 16.2 Å². The average molecular weight is 253 g/mol. The summed E-state index contributed by atoms with van der Waals surface area (Å²) in [4.78, 5) is 11.4. The lowest BCUT2D eigenvalue weighted by Gasteiger charge is -2.05. The minimum atomic E-state index is 0.0945. The number of aromatic nitrogens is 3. The smallest absolute Gasteiger partial charge is 0.323 e. The predicted molar refractivity (Wildman–Crippen MR) is 72.1 cm³/mol. The van der Waals surface area contributed by atoms with Crippen molar-refractivity contribution < 1.29 is 4.74 Å². The topological polar surface area (TPSA) is 99.9 Å². The van der Waals surface area contributed by atoms with Gasteiger partial charge < -0.3 is 16.2 Å². The van der Waals surface area contributed by atoms with Crippen molar-refractivity contribution in [2.24, 2.45) is 0 Å². The van der Waals surface area contributed by atoms with Crippen LogP contribution in [0.5, 0.6) is 6.01 Å². The molecular formula is C12H23N5O. The number of hydrogen-bond acceptors (Lipinski definition) is 6. The van der Waals surface area contributed by atoms with E-state index in [1.54, 1.807) is 0 Å². The molecule has 0 unspecified atom stereocenters. The third-order valence-electron chi connectivity index (χ3n) is 2.63. The molecule has 1 heterocycles. The Hall–Kier alpha value is -1.59. The second-order valence-electron chi connectivity index (χ2n) is 4.30. The van der Waals surface area contributed by atoms with Gasteiger partial charge in [-0.15, -0.1) is 0 Å². The van der Waals surface area contributed by atoms with Crippen LogP contribution in [0.1, 0.15) is 51.9 Å². The minimum absolute atomic E-state index is 0.0945. The molecule has 0 amide bonds. The van der Waals surface area contributed by atoms with Gasteiger partial charge in [0.1, 0.15) is 0 Å². The van der Waals surface area contributed by atoms with Crippen LogP contribution in [0.25, 0.3) is 0 Å². The molecule has 1 aromatic heterocycles. The molecule has 0 aliphatic rings. The molecule has 0 saturated carbocycles. The van der Waals surface area contributed by atoms with Crippen molar-refractivity contribution >= 4 is 11.9 Å². The maximum absolute atomic E-state index is 5.44. The quantitative estimate of drug-likeness (QED) is 0.654. The SMILES string of the molecule is CCCCCCCCCOc1nc(N)nc(N)n1. The van der Waals surface area contributed by atoms with Crippen LogP contribution in [0.2, 0.25) is 0 Å². The van der Waals surface area contributed by atoms with Crippen molar-refractivity contribution in [3.05, 3.63) is 0 Å². The maximum atomic E-state index is 5.44. The molecule has 0 spiro atoms. The van der Waals surface area contributed by atoms with Crippen molar-refractivity contribution in [3.63, 3.8) is 0 Å². The lowest BCUT2D eigenvalue weighted by molar-refractivity contribution is 0.281. The molecule has 1 rings (SSSR count). The van der Waals surface area contributed by atoms with E-state index in [0.717, 1.165) is 6.42 Å². The van der Waals surface area contributed by atoms with E-state index in [0.29, 0.717) is 6.61 Å². The molecule has 18 heavy (non-hydrogen) atoms. The Labute approximate surface area is 108 Å². The lowest BCUT2D eigenvalue weighted by Crippen LogP contribution is -2.07. The Kier molecular flexibility index (Phi) is 6.83. The van der Waals surface area contributed by atoms with Gasteiger partial charge in [0, 0.05) is 0 Å². The van der Waals surface area contributed by atoms with Crippen LogP contribution in [0.4, 0.5) is 11.9 Å². The molecule has 0 aromatic carbocycles. The molecule has 0 radical (unpaired) electrons. The van der Waals surface area contributed by atoms with Gasteiger partial charge in [-0.05, 0) is 6.42 Å². The normalized spacial score (nSPS) is 10.5. The standard InChI is InChI=1S/C12H23N5O/c1-2-3-4-5-6-7-8-9-18-12-16-10(13)15-11(14)17-12/h2-9H2,1H3,(H4,13,14,15,16,17). The van der Waals surface area contributed by atoms with Gasteiger partial charge >= 0.3 is 6.01 Å². The van der Waals surface area contributed by atoms with Crippen molar-refractivity contribution in [3.8, 4) is 6.01 Å². The highest BCUT2D eigenvalue weighted by molar-refractivity contribution is 5.27. The first kappa shape index (κ1) is 14.5.